The van der Waals surface area contributed by atoms with Gasteiger partial charge >= 0.3 is 7.82 Å². The SMILES string of the molecule is CCC(N)(CCc1ccc(C#CCCCC2CCCCC2)s1)COP(=O)(O)O. The second-order valence-electron chi connectivity index (χ2n) is 7.94. The molecule has 1 atom stereocenters. The molecule has 1 aliphatic rings. The first-order valence-corrected chi connectivity index (χ1v) is 12.7. The molecule has 7 heteroatoms. The summed E-state index contributed by atoms with van der Waals surface area (Å²) < 4.78 is 15.5. The van der Waals surface area contributed by atoms with Crippen molar-refractivity contribution in [1.82, 2.24) is 0 Å². The first kappa shape index (κ1) is 23.6. The molecule has 1 aromatic heterocycles. The molecule has 1 fully saturated rings. The Bertz CT molecular complexity index is 699. The van der Waals surface area contributed by atoms with E-state index in [9.17, 15) is 4.57 Å². The summed E-state index contributed by atoms with van der Waals surface area (Å²) in [6.45, 7) is 1.76. The van der Waals surface area contributed by atoms with Crippen molar-refractivity contribution in [3.05, 3.63) is 21.9 Å². The Labute approximate surface area is 173 Å². The number of unbranched alkanes of at least 4 members (excludes halogenated alkanes) is 1. The molecule has 5 nitrogen and oxygen atoms in total. The largest absolute Gasteiger partial charge is 0.469 e. The fourth-order valence-electron chi connectivity index (χ4n) is 3.62. The fraction of sp³-hybridized carbons (Fsp3) is 0.714. The van der Waals surface area contributed by atoms with Gasteiger partial charge < -0.3 is 15.5 Å². The van der Waals surface area contributed by atoms with Gasteiger partial charge in [0.1, 0.15) is 0 Å². The Morgan fingerprint density at radius 1 is 1.32 bits per heavy atom. The smallest absolute Gasteiger partial charge is 0.323 e. The van der Waals surface area contributed by atoms with Gasteiger partial charge in [-0.1, -0.05) is 50.9 Å². The summed E-state index contributed by atoms with van der Waals surface area (Å²) >= 11 is 1.67. The number of phosphoric acid groups is 1. The number of phosphoric ester groups is 1. The van der Waals surface area contributed by atoms with Crippen molar-refractivity contribution in [2.45, 2.75) is 83.1 Å². The van der Waals surface area contributed by atoms with Crippen LogP contribution in [0.2, 0.25) is 0 Å². The molecule has 0 saturated heterocycles. The van der Waals surface area contributed by atoms with E-state index in [-0.39, 0.29) is 6.61 Å². The number of rotatable bonds is 10. The highest BCUT2D eigenvalue weighted by molar-refractivity contribution is 7.46. The van der Waals surface area contributed by atoms with Gasteiger partial charge in [0.25, 0.3) is 0 Å². The molecule has 1 saturated carbocycles. The van der Waals surface area contributed by atoms with E-state index in [4.69, 9.17) is 15.5 Å². The van der Waals surface area contributed by atoms with Crippen molar-refractivity contribution in [3.8, 4) is 11.8 Å². The van der Waals surface area contributed by atoms with E-state index in [0.717, 1.165) is 23.6 Å². The zero-order chi connectivity index (χ0) is 20.5. The number of hydrogen-bond donors (Lipinski definition) is 3. The highest BCUT2D eigenvalue weighted by atomic mass is 32.1. The molecule has 1 unspecified atom stereocenters. The van der Waals surface area contributed by atoms with Gasteiger partial charge in [-0.3, -0.25) is 4.52 Å². The number of thiophene rings is 1. The predicted molar refractivity (Wildman–Crippen MR) is 115 cm³/mol. The minimum atomic E-state index is -4.49. The van der Waals surface area contributed by atoms with Crippen molar-refractivity contribution >= 4 is 19.2 Å². The molecule has 1 aliphatic carbocycles. The van der Waals surface area contributed by atoms with Gasteiger partial charge in [-0.25, -0.2) is 4.57 Å². The molecule has 0 aromatic carbocycles. The van der Waals surface area contributed by atoms with E-state index in [0.29, 0.717) is 12.8 Å². The van der Waals surface area contributed by atoms with Crippen LogP contribution < -0.4 is 5.73 Å². The monoisotopic (exact) mass is 427 g/mol. The Morgan fingerprint density at radius 2 is 2.07 bits per heavy atom. The van der Waals surface area contributed by atoms with Crippen LogP contribution in [-0.2, 0) is 15.5 Å². The van der Waals surface area contributed by atoms with Crippen LogP contribution in [0.5, 0.6) is 0 Å². The first-order valence-electron chi connectivity index (χ1n) is 10.4. The summed E-state index contributed by atoms with van der Waals surface area (Å²) in [5.74, 6) is 7.50. The Morgan fingerprint density at radius 3 is 2.75 bits per heavy atom. The molecule has 4 N–H and O–H groups in total. The van der Waals surface area contributed by atoms with E-state index in [2.05, 4.69) is 22.4 Å². The highest BCUT2D eigenvalue weighted by Crippen LogP contribution is 2.37. The zero-order valence-corrected chi connectivity index (χ0v) is 18.6. The molecule has 0 amide bonds. The second-order valence-corrected chi connectivity index (χ2v) is 10.4. The quantitative estimate of drug-likeness (QED) is 0.278. The molecule has 1 heterocycles. The van der Waals surface area contributed by atoms with Crippen LogP contribution >= 0.6 is 19.2 Å². The van der Waals surface area contributed by atoms with Crippen LogP contribution in [0.3, 0.4) is 0 Å². The Balaban J connectivity index is 1.73. The molecule has 158 valence electrons. The van der Waals surface area contributed by atoms with Gasteiger partial charge in [-0.05, 0) is 50.2 Å². The van der Waals surface area contributed by atoms with E-state index in [1.54, 1.807) is 11.3 Å². The van der Waals surface area contributed by atoms with Crippen molar-refractivity contribution in [1.29, 1.82) is 0 Å². The molecular formula is C21H34NO4PS. The average Bonchev–Trinajstić information content (AvgIpc) is 3.13. The number of hydrogen-bond acceptors (Lipinski definition) is 4. The minimum absolute atomic E-state index is 0.146. The van der Waals surface area contributed by atoms with E-state index in [1.165, 1.54) is 49.8 Å². The van der Waals surface area contributed by atoms with Gasteiger partial charge in [-0.2, -0.15) is 0 Å². The molecular weight excluding hydrogens is 393 g/mol. The van der Waals surface area contributed by atoms with Gasteiger partial charge in [0, 0.05) is 16.8 Å². The topological polar surface area (TPSA) is 92.8 Å². The van der Waals surface area contributed by atoms with E-state index >= 15 is 0 Å². The summed E-state index contributed by atoms with van der Waals surface area (Å²) in [7, 11) is -4.49. The number of aryl methyl sites for hydroxylation is 1. The van der Waals surface area contributed by atoms with Crippen LogP contribution in [0.15, 0.2) is 12.1 Å². The molecule has 0 spiro atoms. The average molecular weight is 428 g/mol. The maximum Gasteiger partial charge on any atom is 0.469 e. The fourth-order valence-corrected chi connectivity index (χ4v) is 4.93. The maximum absolute atomic E-state index is 10.9. The predicted octanol–water partition coefficient (Wildman–Crippen LogP) is 5.00. The highest BCUT2D eigenvalue weighted by Gasteiger charge is 2.27. The van der Waals surface area contributed by atoms with E-state index < -0.39 is 13.4 Å². The lowest BCUT2D eigenvalue weighted by atomic mass is 9.86. The Kier molecular flexibility index (Phi) is 9.69. The van der Waals surface area contributed by atoms with Gasteiger partial charge in [0.15, 0.2) is 0 Å². The summed E-state index contributed by atoms with van der Waals surface area (Å²) in [4.78, 5) is 20.0. The second kappa shape index (κ2) is 11.5. The van der Waals surface area contributed by atoms with Crippen LogP contribution in [0.1, 0.15) is 80.9 Å². The van der Waals surface area contributed by atoms with Crippen molar-refractivity contribution in [2.75, 3.05) is 6.61 Å². The molecule has 28 heavy (non-hydrogen) atoms. The zero-order valence-electron chi connectivity index (χ0n) is 16.9. The molecule has 0 radical (unpaired) electrons. The number of nitrogens with two attached hydrogens (primary N) is 1. The maximum atomic E-state index is 10.9. The van der Waals surface area contributed by atoms with Gasteiger partial charge in [0.2, 0.25) is 0 Å². The van der Waals surface area contributed by atoms with Crippen LogP contribution in [0.25, 0.3) is 0 Å². The summed E-state index contributed by atoms with van der Waals surface area (Å²) in [5.41, 5.74) is 5.50. The molecule has 0 bridgehead atoms. The standard InChI is InChI=1S/C21H34NO4PS/c1-2-21(22,17-26-27(23,24)25)16-15-20-14-13-19(28-20)12-8-4-7-11-18-9-5-3-6-10-18/h13-14,18H,2-7,9-11,15-17,22H2,1H3,(H2,23,24,25). The van der Waals surface area contributed by atoms with Gasteiger partial charge in [-0.15, -0.1) is 11.3 Å². The molecule has 0 aliphatic heterocycles. The van der Waals surface area contributed by atoms with Gasteiger partial charge in [0.05, 0.1) is 11.5 Å². The lowest BCUT2D eigenvalue weighted by molar-refractivity contribution is 0.145. The van der Waals surface area contributed by atoms with Crippen molar-refractivity contribution in [2.24, 2.45) is 11.7 Å². The van der Waals surface area contributed by atoms with E-state index in [1.807, 2.05) is 13.0 Å². The summed E-state index contributed by atoms with van der Waals surface area (Å²) in [6, 6.07) is 4.11. The molecule has 1 aromatic rings. The summed E-state index contributed by atoms with van der Waals surface area (Å²) in [6.07, 6.45) is 12.5. The summed E-state index contributed by atoms with van der Waals surface area (Å²) in [5, 5.41) is 0. The normalized spacial score (nSPS) is 17.7. The van der Waals surface area contributed by atoms with Crippen LogP contribution in [0, 0.1) is 17.8 Å². The molecule has 2 rings (SSSR count). The third-order valence-corrected chi connectivity index (χ3v) is 7.13. The lowest BCUT2D eigenvalue weighted by Gasteiger charge is -2.27. The lowest BCUT2D eigenvalue weighted by Crippen LogP contribution is -2.44. The minimum Gasteiger partial charge on any atom is -0.323 e. The third-order valence-electron chi connectivity index (χ3n) is 5.61. The van der Waals surface area contributed by atoms with Crippen LogP contribution in [0.4, 0.5) is 0 Å². The first-order chi connectivity index (χ1) is 13.3. The van der Waals surface area contributed by atoms with Crippen molar-refractivity contribution < 1.29 is 18.9 Å². The third kappa shape index (κ3) is 9.22. The Hall–Kier alpha value is -0.670. The van der Waals surface area contributed by atoms with Crippen LogP contribution in [-0.4, -0.2) is 21.9 Å². The van der Waals surface area contributed by atoms with Crippen molar-refractivity contribution in [3.63, 3.8) is 0 Å².